The minimum atomic E-state index is -0.244. The van der Waals surface area contributed by atoms with Crippen molar-refractivity contribution in [1.29, 1.82) is 0 Å². The number of amides is 1. The van der Waals surface area contributed by atoms with Crippen LogP contribution in [0.15, 0.2) is 79.3 Å². The van der Waals surface area contributed by atoms with Gasteiger partial charge in [-0.2, -0.15) is 0 Å². The number of hydrogen-bond acceptors (Lipinski definition) is 2. The molecule has 0 bridgehead atoms. The number of rotatable bonds is 7. The van der Waals surface area contributed by atoms with Crippen LogP contribution in [-0.4, -0.2) is 22.0 Å². The van der Waals surface area contributed by atoms with Gasteiger partial charge in [0.25, 0.3) is 0 Å². The molecule has 1 amide bonds. The standard InChI is InChI=1S/C20H21N3O/c24-20(22-13-11-18-10-4-5-12-21-18)19(23-14-6-7-15-23)16-17-8-2-1-3-9-17/h1-10,12,14-15,19H,11,13,16H2,(H,22,24)/t19-/m1/s1. The molecule has 1 atom stereocenters. The van der Waals surface area contributed by atoms with Gasteiger partial charge < -0.3 is 9.88 Å². The van der Waals surface area contributed by atoms with E-state index in [1.165, 1.54) is 0 Å². The fourth-order valence-electron chi connectivity index (χ4n) is 2.70. The molecule has 0 saturated carbocycles. The van der Waals surface area contributed by atoms with Gasteiger partial charge in [0.2, 0.25) is 5.91 Å². The first-order valence-electron chi connectivity index (χ1n) is 8.17. The van der Waals surface area contributed by atoms with Gasteiger partial charge in [-0.1, -0.05) is 36.4 Å². The highest BCUT2D eigenvalue weighted by Gasteiger charge is 2.19. The monoisotopic (exact) mass is 319 g/mol. The minimum absolute atomic E-state index is 0.0333. The number of benzene rings is 1. The number of nitrogens with one attached hydrogen (secondary N) is 1. The Balaban J connectivity index is 1.63. The van der Waals surface area contributed by atoms with Crippen LogP contribution in [0.2, 0.25) is 0 Å². The van der Waals surface area contributed by atoms with Gasteiger partial charge in [-0.15, -0.1) is 0 Å². The van der Waals surface area contributed by atoms with Crippen molar-refractivity contribution in [2.24, 2.45) is 0 Å². The van der Waals surface area contributed by atoms with Gasteiger partial charge in [-0.25, -0.2) is 0 Å². The number of aromatic nitrogens is 2. The van der Waals surface area contributed by atoms with E-state index < -0.39 is 0 Å². The van der Waals surface area contributed by atoms with E-state index in [0.717, 1.165) is 17.7 Å². The molecule has 2 aromatic heterocycles. The van der Waals surface area contributed by atoms with Gasteiger partial charge in [-0.05, 0) is 29.8 Å². The highest BCUT2D eigenvalue weighted by Crippen LogP contribution is 2.15. The van der Waals surface area contributed by atoms with Crippen LogP contribution in [0.25, 0.3) is 0 Å². The molecule has 1 aromatic carbocycles. The first-order chi connectivity index (χ1) is 11.8. The molecule has 0 unspecified atom stereocenters. The second-order valence-electron chi connectivity index (χ2n) is 5.70. The zero-order valence-electron chi connectivity index (χ0n) is 13.5. The molecule has 1 N–H and O–H groups in total. The summed E-state index contributed by atoms with van der Waals surface area (Å²) in [6, 6.07) is 19.6. The van der Waals surface area contributed by atoms with E-state index in [4.69, 9.17) is 0 Å². The molecule has 2 heterocycles. The molecule has 0 aliphatic carbocycles. The molecular weight excluding hydrogens is 298 g/mol. The van der Waals surface area contributed by atoms with Gasteiger partial charge in [0.05, 0.1) is 0 Å². The van der Waals surface area contributed by atoms with Crippen molar-refractivity contribution in [3.8, 4) is 0 Å². The third-order valence-electron chi connectivity index (χ3n) is 3.97. The van der Waals surface area contributed by atoms with Gasteiger partial charge in [-0.3, -0.25) is 9.78 Å². The maximum Gasteiger partial charge on any atom is 0.243 e. The third kappa shape index (κ3) is 4.32. The van der Waals surface area contributed by atoms with E-state index in [2.05, 4.69) is 22.4 Å². The van der Waals surface area contributed by atoms with Gasteiger partial charge in [0.15, 0.2) is 0 Å². The van der Waals surface area contributed by atoms with Crippen molar-refractivity contribution >= 4 is 5.91 Å². The quantitative estimate of drug-likeness (QED) is 0.727. The first kappa shape index (κ1) is 16.0. The second kappa shape index (κ2) is 8.11. The molecule has 0 aliphatic rings. The molecule has 3 rings (SSSR count). The van der Waals surface area contributed by atoms with E-state index in [1.807, 2.05) is 65.5 Å². The smallest absolute Gasteiger partial charge is 0.243 e. The van der Waals surface area contributed by atoms with E-state index in [-0.39, 0.29) is 11.9 Å². The second-order valence-corrected chi connectivity index (χ2v) is 5.70. The van der Waals surface area contributed by atoms with E-state index in [1.54, 1.807) is 6.20 Å². The van der Waals surface area contributed by atoms with Crippen LogP contribution < -0.4 is 5.32 Å². The van der Waals surface area contributed by atoms with Crippen LogP contribution in [0.1, 0.15) is 17.3 Å². The predicted octanol–water partition coefficient (Wildman–Crippen LogP) is 3.03. The number of nitrogens with zero attached hydrogens (tertiary/aromatic N) is 2. The van der Waals surface area contributed by atoms with Crippen LogP contribution in [0.3, 0.4) is 0 Å². The molecule has 4 nitrogen and oxygen atoms in total. The average molecular weight is 319 g/mol. The Morgan fingerprint density at radius 3 is 2.46 bits per heavy atom. The number of pyridine rings is 1. The summed E-state index contributed by atoms with van der Waals surface area (Å²) in [5.74, 6) is 0.0333. The summed E-state index contributed by atoms with van der Waals surface area (Å²) in [6.45, 7) is 0.586. The lowest BCUT2D eigenvalue weighted by Crippen LogP contribution is -2.34. The molecule has 0 spiro atoms. The Morgan fingerprint density at radius 2 is 1.75 bits per heavy atom. The summed E-state index contributed by atoms with van der Waals surface area (Å²) in [5, 5.41) is 3.04. The van der Waals surface area contributed by atoms with Gasteiger partial charge in [0.1, 0.15) is 6.04 Å². The topological polar surface area (TPSA) is 46.9 Å². The highest BCUT2D eigenvalue weighted by molar-refractivity contribution is 5.80. The highest BCUT2D eigenvalue weighted by atomic mass is 16.2. The van der Waals surface area contributed by atoms with E-state index >= 15 is 0 Å². The van der Waals surface area contributed by atoms with Crippen molar-refractivity contribution in [1.82, 2.24) is 14.9 Å². The van der Waals surface area contributed by atoms with Crippen molar-refractivity contribution in [2.45, 2.75) is 18.9 Å². The molecule has 3 aromatic rings. The Kier molecular flexibility index (Phi) is 5.40. The number of carbonyl (C=O) groups is 1. The third-order valence-corrected chi connectivity index (χ3v) is 3.97. The summed E-state index contributed by atoms with van der Waals surface area (Å²) in [6.07, 6.45) is 7.05. The molecule has 4 heteroatoms. The maximum atomic E-state index is 12.7. The molecule has 0 fully saturated rings. The van der Waals surface area contributed by atoms with Crippen LogP contribution in [0.4, 0.5) is 0 Å². The predicted molar refractivity (Wildman–Crippen MR) is 94.6 cm³/mol. The number of carbonyl (C=O) groups excluding carboxylic acids is 1. The lowest BCUT2D eigenvalue weighted by Gasteiger charge is -2.19. The average Bonchev–Trinajstić information content (AvgIpc) is 3.16. The minimum Gasteiger partial charge on any atom is -0.354 e. The van der Waals surface area contributed by atoms with Crippen molar-refractivity contribution in [3.05, 3.63) is 90.5 Å². The summed E-state index contributed by atoms with van der Waals surface area (Å²) < 4.78 is 1.96. The number of hydrogen-bond donors (Lipinski definition) is 1. The summed E-state index contributed by atoms with van der Waals surface area (Å²) >= 11 is 0. The van der Waals surface area contributed by atoms with E-state index in [0.29, 0.717) is 13.0 Å². The first-order valence-corrected chi connectivity index (χ1v) is 8.17. The Morgan fingerprint density at radius 1 is 1.00 bits per heavy atom. The lowest BCUT2D eigenvalue weighted by atomic mass is 10.1. The molecule has 24 heavy (non-hydrogen) atoms. The summed E-state index contributed by atoms with van der Waals surface area (Å²) in [5.41, 5.74) is 2.13. The Hall–Kier alpha value is -2.88. The molecule has 0 radical (unpaired) electrons. The SMILES string of the molecule is O=C(NCCc1ccccn1)[C@@H](Cc1ccccc1)n1cccc1. The largest absolute Gasteiger partial charge is 0.354 e. The van der Waals surface area contributed by atoms with Gasteiger partial charge >= 0.3 is 0 Å². The fourth-order valence-corrected chi connectivity index (χ4v) is 2.70. The molecule has 122 valence electrons. The zero-order valence-corrected chi connectivity index (χ0v) is 13.5. The van der Waals surface area contributed by atoms with Crippen LogP contribution in [0, 0.1) is 0 Å². The molecular formula is C20H21N3O. The van der Waals surface area contributed by atoms with Crippen molar-refractivity contribution < 1.29 is 4.79 Å². The van der Waals surface area contributed by atoms with Crippen LogP contribution in [0.5, 0.6) is 0 Å². The molecule has 0 saturated heterocycles. The summed E-state index contributed by atoms with van der Waals surface area (Å²) in [4.78, 5) is 17.0. The fraction of sp³-hybridized carbons (Fsp3) is 0.200. The Bertz CT molecular complexity index is 739. The van der Waals surface area contributed by atoms with Crippen LogP contribution >= 0.6 is 0 Å². The maximum absolute atomic E-state index is 12.7. The normalized spacial score (nSPS) is 11.8. The Labute approximate surface area is 142 Å². The van der Waals surface area contributed by atoms with Crippen molar-refractivity contribution in [2.75, 3.05) is 6.54 Å². The van der Waals surface area contributed by atoms with Crippen molar-refractivity contribution in [3.63, 3.8) is 0 Å². The zero-order chi connectivity index (χ0) is 16.6. The van der Waals surface area contributed by atoms with Crippen LogP contribution in [-0.2, 0) is 17.6 Å². The summed E-state index contributed by atoms with van der Waals surface area (Å²) in [7, 11) is 0. The van der Waals surface area contributed by atoms with E-state index in [9.17, 15) is 4.79 Å². The van der Waals surface area contributed by atoms with Gasteiger partial charge in [0, 0.05) is 43.7 Å². The lowest BCUT2D eigenvalue weighted by molar-refractivity contribution is -0.124. The molecule has 0 aliphatic heterocycles.